The molecule has 1 aliphatic rings. The van der Waals surface area contributed by atoms with Crippen molar-refractivity contribution in [2.75, 3.05) is 0 Å². The summed E-state index contributed by atoms with van der Waals surface area (Å²) in [5.74, 6) is -0.292. The molecule has 0 fully saturated rings. The molecule has 1 N–H and O–H groups in total. The first-order chi connectivity index (χ1) is 16.6. The first kappa shape index (κ1) is 20.4. The molecule has 0 bridgehead atoms. The average Bonchev–Trinajstić information content (AvgIpc) is 3.36. The molecule has 2 heterocycles. The van der Waals surface area contributed by atoms with E-state index in [1.165, 1.54) is 17.7 Å². The lowest BCUT2D eigenvalue weighted by Crippen LogP contribution is -2.28. The van der Waals surface area contributed by atoms with E-state index in [0.29, 0.717) is 6.54 Å². The lowest BCUT2D eigenvalue weighted by molar-refractivity contribution is 0.0737. The summed E-state index contributed by atoms with van der Waals surface area (Å²) in [7, 11) is 0. The van der Waals surface area contributed by atoms with Gasteiger partial charge in [-0.05, 0) is 47.9 Å². The first-order valence-corrected chi connectivity index (χ1v) is 11.4. The molecule has 4 aromatic carbocycles. The Bertz CT molecular complexity index is 1520. The Balaban J connectivity index is 1.58. The van der Waals surface area contributed by atoms with E-state index >= 15 is 0 Å². The van der Waals surface area contributed by atoms with Crippen molar-refractivity contribution in [2.24, 2.45) is 0 Å². The number of nitrogens with one attached hydrogen (secondary N) is 1. The van der Waals surface area contributed by atoms with Gasteiger partial charge < -0.3 is 9.88 Å². The Hall–Kier alpha value is -4.18. The zero-order valence-corrected chi connectivity index (χ0v) is 18.8. The Morgan fingerprint density at radius 2 is 1.56 bits per heavy atom. The molecule has 0 saturated carbocycles. The summed E-state index contributed by atoms with van der Waals surface area (Å²) in [6.45, 7) is 2.47. The number of benzene rings is 4. The molecule has 1 aliphatic heterocycles. The van der Waals surface area contributed by atoms with Crippen molar-refractivity contribution in [3.05, 3.63) is 131 Å². The number of aromatic nitrogens is 1. The van der Waals surface area contributed by atoms with Gasteiger partial charge in [-0.1, -0.05) is 78.4 Å². The number of carbonyl (C=O) groups is 1. The minimum absolute atomic E-state index is 0.00920. The number of hydrogen-bond donors (Lipinski definition) is 1. The fraction of sp³-hybridized carbons (Fsp3) is 0.100. The van der Waals surface area contributed by atoms with Crippen LogP contribution < -0.4 is 0 Å². The van der Waals surface area contributed by atoms with Gasteiger partial charge in [-0.15, -0.1) is 0 Å². The molecule has 4 heteroatoms. The molecule has 0 unspecified atom stereocenters. The highest BCUT2D eigenvalue weighted by molar-refractivity contribution is 6.02. The van der Waals surface area contributed by atoms with E-state index < -0.39 is 0 Å². The van der Waals surface area contributed by atoms with Crippen molar-refractivity contribution in [1.29, 1.82) is 0 Å². The van der Waals surface area contributed by atoms with Gasteiger partial charge in [-0.2, -0.15) is 0 Å². The van der Waals surface area contributed by atoms with Crippen molar-refractivity contribution in [1.82, 2.24) is 9.88 Å². The van der Waals surface area contributed by atoms with Gasteiger partial charge >= 0.3 is 0 Å². The molecule has 34 heavy (non-hydrogen) atoms. The van der Waals surface area contributed by atoms with Crippen molar-refractivity contribution in [2.45, 2.75) is 19.5 Å². The van der Waals surface area contributed by atoms with Gasteiger partial charge in [0.15, 0.2) is 0 Å². The molecule has 1 atom stereocenters. The van der Waals surface area contributed by atoms with Gasteiger partial charge in [-0.25, -0.2) is 4.39 Å². The lowest BCUT2D eigenvalue weighted by Gasteiger charge is -2.27. The van der Waals surface area contributed by atoms with Crippen LogP contribution in [0.25, 0.3) is 22.2 Å². The fourth-order valence-electron chi connectivity index (χ4n) is 5.03. The highest BCUT2D eigenvalue weighted by atomic mass is 19.1. The van der Waals surface area contributed by atoms with E-state index in [-0.39, 0.29) is 17.8 Å². The molecule has 166 valence electrons. The lowest BCUT2D eigenvalue weighted by atomic mass is 9.93. The summed E-state index contributed by atoms with van der Waals surface area (Å²) in [4.78, 5) is 19.2. The maximum absolute atomic E-state index is 13.6. The molecule has 0 saturated heterocycles. The molecule has 0 spiro atoms. The summed E-state index contributed by atoms with van der Waals surface area (Å²) in [5, 5.41) is 1.09. The minimum atomic E-state index is -0.283. The number of carbonyl (C=O) groups excluding carboxylic acids is 1. The predicted molar refractivity (Wildman–Crippen MR) is 133 cm³/mol. The maximum atomic E-state index is 13.6. The highest BCUT2D eigenvalue weighted by Gasteiger charge is 2.40. The summed E-state index contributed by atoms with van der Waals surface area (Å²) in [6.07, 6.45) is 0. The van der Waals surface area contributed by atoms with Crippen LogP contribution in [0.4, 0.5) is 4.39 Å². The third-order valence-corrected chi connectivity index (χ3v) is 6.68. The van der Waals surface area contributed by atoms with Crippen LogP contribution >= 0.6 is 0 Å². The second-order valence-electron chi connectivity index (χ2n) is 8.87. The van der Waals surface area contributed by atoms with Crippen LogP contribution in [0.2, 0.25) is 0 Å². The van der Waals surface area contributed by atoms with E-state index in [4.69, 9.17) is 0 Å². The van der Waals surface area contributed by atoms with Gasteiger partial charge in [0.05, 0.1) is 11.7 Å². The van der Waals surface area contributed by atoms with E-state index in [2.05, 4.69) is 48.3 Å². The molecule has 1 aromatic heterocycles. The fourth-order valence-corrected chi connectivity index (χ4v) is 5.03. The molecular weight excluding hydrogens is 423 g/mol. The van der Waals surface area contributed by atoms with Gasteiger partial charge in [0, 0.05) is 28.6 Å². The van der Waals surface area contributed by atoms with Gasteiger partial charge in [-0.3, -0.25) is 4.79 Å². The molecule has 0 aliphatic carbocycles. The number of rotatable bonds is 4. The Morgan fingerprint density at radius 3 is 2.35 bits per heavy atom. The smallest absolute Gasteiger partial charge is 0.255 e. The molecule has 6 rings (SSSR count). The van der Waals surface area contributed by atoms with Crippen LogP contribution in [0.3, 0.4) is 0 Å². The van der Waals surface area contributed by atoms with Crippen LogP contribution in [-0.4, -0.2) is 15.8 Å². The Labute approximate surface area is 197 Å². The van der Waals surface area contributed by atoms with Gasteiger partial charge in [0.1, 0.15) is 5.82 Å². The number of nitrogens with zero attached hydrogens (tertiary/aromatic N) is 1. The number of aryl methyl sites for hydroxylation is 1. The Kier molecular flexibility index (Phi) is 4.80. The normalized spacial score (nSPS) is 15.2. The third kappa shape index (κ3) is 3.30. The zero-order valence-electron chi connectivity index (χ0n) is 18.8. The number of fused-ring (bicyclic) bond motifs is 2. The zero-order chi connectivity index (χ0) is 23.2. The monoisotopic (exact) mass is 446 g/mol. The summed E-state index contributed by atoms with van der Waals surface area (Å²) < 4.78 is 13.6. The van der Waals surface area contributed by atoms with E-state index in [0.717, 1.165) is 44.4 Å². The van der Waals surface area contributed by atoms with E-state index in [1.54, 1.807) is 12.1 Å². The van der Waals surface area contributed by atoms with E-state index in [1.807, 2.05) is 41.3 Å². The van der Waals surface area contributed by atoms with E-state index in [9.17, 15) is 9.18 Å². The van der Waals surface area contributed by atoms with Crippen LogP contribution in [-0.2, 0) is 6.54 Å². The number of para-hydroxylation sites is 1. The quantitative estimate of drug-likeness (QED) is 0.316. The SMILES string of the molecule is Cc1ccc(-c2[nH]c3ccccc3c2[C@H]2c3ccccc3C(=O)N2Cc2ccc(F)cc2)cc1. The van der Waals surface area contributed by atoms with Crippen LogP contribution in [0.5, 0.6) is 0 Å². The standard InChI is InChI=1S/C30H23FN2O/c1-19-10-14-21(15-11-19)28-27(25-8-4-5-9-26(25)32-28)29-23-6-2-3-7-24(23)30(34)33(29)18-20-12-16-22(31)17-13-20/h2-17,29,32H,18H2,1H3/t29-/m1/s1. The summed E-state index contributed by atoms with van der Waals surface area (Å²) in [6, 6.07) is 30.7. The van der Waals surface area contributed by atoms with Gasteiger partial charge in [0.25, 0.3) is 5.91 Å². The van der Waals surface area contributed by atoms with Crippen molar-refractivity contribution >= 4 is 16.8 Å². The molecular formula is C30H23FN2O. The first-order valence-electron chi connectivity index (χ1n) is 11.4. The number of H-pyrrole nitrogens is 1. The van der Waals surface area contributed by atoms with Gasteiger partial charge in [0.2, 0.25) is 0 Å². The maximum Gasteiger partial charge on any atom is 0.255 e. The third-order valence-electron chi connectivity index (χ3n) is 6.68. The second-order valence-corrected chi connectivity index (χ2v) is 8.87. The second kappa shape index (κ2) is 7.99. The molecule has 1 amide bonds. The Morgan fingerprint density at radius 1 is 0.853 bits per heavy atom. The molecule has 3 nitrogen and oxygen atoms in total. The van der Waals surface area contributed by atoms with Crippen LogP contribution in [0.1, 0.15) is 38.7 Å². The predicted octanol–water partition coefficient (Wildman–Crippen LogP) is 7.03. The molecule has 5 aromatic rings. The minimum Gasteiger partial charge on any atom is -0.354 e. The van der Waals surface area contributed by atoms with Crippen molar-refractivity contribution in [3.8, 4) is 11.3 Å². The number of halogens is 1. The average molecular weight is 447 g/mol. The number of aromatic amines is 1. The van der Waals surface area contributed by atoms with Crippen LogP contribution in [0.15, 0.2) is 97.1 Å². The van der Waals surface area contributed by atoms with Crippen LogP contribution in [0, 0.1) is 12.7 Å². The highest BCUT2D eigenvalue weighted by Crippen LogP contribution is 2.46. The van der Waals surface area contributed by atoms with Crippen molar-refractivity contribution in [3.63, 3.8) is 0 Å². The largest absolute Gasteiger partial charge is 0.354 e. The topological polar surface area (TPSA) is 36.1 Å². The number of hydrogen-bond acceptors (Lipinski definition) is 1. The van der Waals surface area contributed by atoms with Crippen molar-refractivity contribution < 1.29 is 9.18 Å². The number of amides is 1. The summed E-state index contributed by atoms with van der Waals surface area (Å²) in [5.41, 5.74) is 8.01. The summed E-state index contributed by atoms with van der Waals surface area (Å²) >= 11 is 0. The molecule has 0 radical (unpaired) electrons.